The molecular formula is C19H18ClN3O3S. The predicted molar refractivity (Wildman–Crippen MR) is 104 cm³/mol. The Labute approximate surface area is 162 Å². The van der Waals surface area contributed by atoms with E-state index in [1.807, 2.05) is 24.3 Å². The van der Waals surface area contributed by atoms with Gasteiger partial charge in [-0.1, -0.05) is 41.9 Å². The van der Waals surface area contributed by atoms with E-state index < -0.39 is 10.0 Å². The number of nitrogens with zero attached hydrogens (tertiary/aromatic N) is 1. The molecule has 1 aliphatic carbocycles. The van der Waals surface area contributed by atoms with E-state index in [-0.39, 0.29) is 28.6 Å². The van der Waals surface area contributed by atoms with E-state index in [4.69, 9.17) is 11.6 Å². The number of carbonyl (C=O) groups is 1. The van der Waals surface area contributed by atoms with Crippen molar-refractivity contribution in [3.8, 4) is 0 Å². The van der Waals surface area contributed by atoms with Gasteiger partial charge in [0, 0.05) is 22.5 Å². The van der Waals surface area contributed by atoms with Crippen molar-refractivity contribution < 1.29 is 13.2 Å². The molecule has 0 spiro atoms. The first kappa shape index (κ1) is 18.0. The molecule has 2 aromatic rings. The van der Waals surface area contributed by atoms with Gasteiger partial charge in [0.1, 0.15) is 12.4 Å². The summed E-state index contributed by atoms with van der Waals surface area (Å²) >= 11 is 6.29. The van der Waals surface area contributed by atoms with Crippen LogP contribution in [0.15, 0.2) is 58.4 Å². The maximum atomic E-state index is 12.2. The van der Waals surface area contributed by atoms with Crippen molar-refractivity contribution in [1.82, 2.24) is 10.0 Å². The first-order valence-electron chi connectivity index (χ1n) is 8.60. The lowest BCUT2D eigenvalue weighted by Crippen LogP contribution is -2.34. The number of nitrogens with one attached hydrogen (secondary N) is 2. The van der Waals surface area contributed by atoms with Crippen LogP contribution in [0.2, 0.25) is 5.02 Å². The number of carbonyl (C=O) groups excluding carboxylic acids is 1. The van der Waals surface area contributed by atoms with Crippen molar-refractivity contribution in [2.24, 2.45) is 4.99 Å². The van der Waals surface area contributed by atoms with Gasteiger partial charge in [-0.15, -0.1) is 0 Å². The van der Waals surface area contributed by atoms with Gasteiger partial charge in [0.2, 0.25) is 5.91 Å². The van der Waals surface area contributed by atoms with Gasteiger partial charge in [0.25, 0.3) is 10.0 Å². The third-order valence-electron chi connectivity index (χ3n) is 4.97. The maximum absolute atomic E-state index is 12.2. The predicted octanol–water partition coefficient (Wildman–Crippen LogP) is 2.23. The molecule has 6 nitrogen and oxygen atoms in total. The van der Waals surface area contributed by atoms with Crippen molar-refractivity contribution >= 4 is 33.4 Å². The van der Waals surface area contributed by atoms with Crippen LogP contribution in [0.4, 0.5) is 0 Å². The second kappa shape index (κ2) is 6.65. The Morgan fingerprint density at radius 3 is 2.59 bits per heavy atom. The van der Waals surface area contributed by atoms with Gasteiger partial charge in [0.15, 0.2) is 0 Å². The minimum atomic E-state index is -3.60. The highest BCUT2D eigenvalue weighted by molar-refractivity contribution is 7.90. The largest absolute Gasteiger partial charge is 0.354 e. The number of amides is 1. The molecule has 2 aromatic carbocycles. The molecule has 4 rings (SSSR count). The standard InChI is InChI=1S/C19H18ClN3O3S/c20-15-7-3-2-6-14(15)19(9-10-19)12-22-17(24)11-21-18-13-5-1-4-8-16(13)27(25,26)23-18/h1-8H,9-12H2,(H,21,23)(H,22,24). The maximum Gasteiger partial charge on any atom is 0.263 e. The summed E-state index contributed by atoms with van der Waals surface area (Å²) in [6.45, 7) is 0.341. The SMILES string of the molecule is O=C(CN=C1NS(=O)(=O)c2ccccc21)NCC1(c2ccccc2Cl)CC1. The summed E-state index contributed by atoms with van der Waals surface area (Å²) in [7, 11) is -3.60. The van der Waals surface area contributed by atoms with Gasteiger partial charge in [-0.05, 0) is 36.6 Å². The van der Waals surface area contributed by atoms with E-state index in [0.717, 1.165) is 18.4 Å². The summed E-state index contributed by atoms with van der Waals surface area (Å²) in [6.07, 6.45) is 1.94. The molecule has 0 atom stereocenters. The number of halogens is 1. The Kier molecular flexibility index (Phi) is 4.44. The van der Waals surface area contributed by atoms with Crippen molar-refractivity contribution in [1.29, 1.82) is 0 Å². The molecule has 0 aromatic heterocycles. The number of benzene rings is 2. The van der Waals surface area contributed by atoms with Crippen LogP contribution in [0.1, 0.15) is 24.0 Å². The van der Waals surface area contributed by atoms with E-state index in [9.17, 15) is 13.2 Å². The molecule has 1 amide bonds. The number of fused-ring (bicyclic) bond motifs is 1. The van der Waals surface area contributed by atoms with Crippen LogP contribution in [0, 0.1) is 0 Å². The first-order valence-corrected chi connectivity index (χ1v) is 10.5. The molecule has 1 heterocycles. The lowest BCUT2D eigenvalue weighted by Gasteiger charge is -2.17. The zero-order chi connectivity index (χ0) is 19.1. The Balaban J connectivity index is 1.42. The van der Waals surface area contributed by atoms with E-state index in [1.54, 1.807) is 18.2 Å². The Bertz CT molecular complexity index is 1050. The van der Waals surface area contributed by atoms with Crippen LogP contribution >= 0.6 is 11.6 Å². The summed E-state index contributed by atoms with van der Waals surface area (Å²) in [4.78, 5) is 16.6. The fourth-order valence-corrected chi connectivity index (χ4v) is 4.90. The number of hydrogen-bond acceptors (Lipinski definition) is 4. The molecule has 2 N–H and O–H groups in total. The normalized spacial score (nSPS) is 20.0. The minimum Gasteiger partial charge on any atom is -0.354 e. The Morgan fingerprint density at radius 1 is 1.15 bits per heavy atom. The molecule has 1 aliphatic heterocycles. The summed E-state index contributed by atoms with van der Waals surface area (Å²) in [5.41, 5.74) is 1.43. The van der Waals surface area contributed by atoms with Crippen LogP contribution in [-0.4, -0.2) is 33.3 Å². The fourth-order valence-electron chi connectivity index (χ4n) is 3.31. The average Bonchev–Trinajstić information content (AvgIpc) is 3.39. The molecule has 1 saturated carbocycles. The second-order valence-corrected chi connectivity index (χ2v) is 8.86. The monoisotopic (exact) mass is 403 g/mol. The zero-order valence-corrected chi connectivity index (χ0v) is 16.0. The van der Waals surface area contributed by atoms with Gasteiger partial charge in [0.05, 0.1) is 4.90 Å². The van der Waals surface area contributed by atoms with Gasteiger partial charge < -0.3 is 5.32 Å². The highest BCUT2D eigenvalue weighted by atomic mass is 35.5. The van der Waals surface area contributed by atoms with E-state index in [0.29, 0.717) is 17.1 Å². The molecule has 0 saturated heterocycles. The lowest BCUT2D eigenvalue weighted by molar-refractivity contribution is -0.119. The van der Waals surface area contributed by atoms with Crippen molar-refractivity contribution in [2.45, 2.75) is 23.2 Å². The smallest absolute Gasteiger partial charge is 0.263 e. The number of aliphatic imine (C=N–C) groups is 1. The van der Waals surface area contributed by atoms with Crippen molar-refractivity contribution in [3.63, 3.8) is 0 Å². The van der Waals surface area contributed by atoms with Gasteiger partial charge in [-0.25, -0.2) is 8.42 Å². The Morgan fingerprint density at radius 2 is 1.85 bits per heavy atom. The summed E-state index contributed by atoms with van der Waals surface area (Å²) < 4.78 is 26.5. The highest BCUT2D eigenvalue weighted by Gasteiger charge is 2.45. The molecule has 1 fully saturated rings. The third kappa shape index (κ3) is 3.44. The topological polar surface area (TPSA) is 87.6 Å². The molecule has 8 heteroatoms. The van der Waals surface area contributed by atoms with Gasteiger partial charge in [-0.2, -0.15) is 0 Å². The van der Waals surface area contributed by atoms with Gasteiger partial charge in [-0.3, -0.25) is 14.5 Å². The quantitative estimate of drug-likeness (QED) is 0.802. The number of rotatable bonds is 5. The lowest BCUT2D eigenvalue weighted by atomic mass is 9.96. The zero-order valence-electron chi connectivity index (χ0n) is 14.4. The third-order valence-corrected chi connectivity index (χ3v) is 6.69. The summed E-state index contributed by atoms with van der Waals surface area (Å²) in [5.74, 6) is -0.0580. The van der Waals surface area contributed by atoms with Crippen molar-refractivity contribution in [2.75, 3.05) is 13.1 Å². The van der Waals surface area contributed by atoms with Crippen LogP contribution in [-0.2, 0) is 20.2 Å². The van der Waals surface area contributed by atoms with Crippen LogP contribution in [0.3, 0.4) is 0 Å². The van der Waals surface area contributed by atoms with E-state index in [1.165, 1.54) is 6.07 Å². The van der Waals surface area contributed by atoms with Crippen molar-refractivity contribution in [3.05, 3.63) is 64.7 Å². The average molecular weight is 404 g/mol. The number of hydrogen-bond donors (Lipinski definition) is 2. The molecule has 0 radical (unpaired) electrons. The molecule has 0 unspecified atom stereocenters. The number of sulfonamides is 1. The molecule has 0 bridgehead atoms. The van der Waals surface area contributed by atoms with E-state index >= 15 is 0 Å². The molecule has 2 aliphatic rings. The Hall–Kier alpha value is -2.38. The summed E-state index contributed by atoms with van der Waals surface area (Å²) in [5, 5.41) is 3.61. The van der Waals surface area contributed by atoms with Gasteiger partial charge >= 0.3 is 0 Å². The van der Waals surface area contributed by atoms with E-state index in [2.05, 4.69) is 15.0 Å². The second-order valence-electron chi connectivity index (χ2n) is 6.80. The molecule has 140 valence electrons. The molecule has 27 heavy (non-hydrogen) atoms. The van der Waals surface area contributed by atoms with Crippen LogP contribution in [0.25, 0.3) is 0 Å². The first-order chi connectivity index (χ1) is 12.9. The van der Waals surface area contributed by atoms with Crippen LogP contribution < -0.4 is 10.0 Å². The fraction of sp³-hybridized carbons (Fsp3) is 0.263. The highest BCUT2D eigenvalue weighted by Crippen LogP contribution is 2.49. The summed E-state index contributed by atoms with van der Waals surface area (Å²) in [6, 6.07) is 14.2. The molecular weight excluding hydrogens is 386 g/mol. The number of amidine groups is 1. The van der Waals surface area contributed by atoms with Crippen LogP contribution in [0.5, 0.6) is 0 Å². The minimum absolute atomic E-state index is 0.108.